The molecule has 0 aliphatic rings. The minimum atomic E-state index is -0.372. The molecule has 1 heterocycles. The molecule has 0 fully saturated rings. The second-order valence-corrected chi connectivity index (χ2v) is 5.47. The predicted molar refractivity (Wildman–Crippen MR) is 84.2 cm³/mol. The van der Waals surface area contributed by atoms with E-state index in [9.17, 15) is 10.1 Å². The minimum absolute atomic E-state index is 0.107. The number of anilines is 1. The van der Waals surface area contributed by atoms with Gasteiger partial charge in [0.25, 0.3) is 5.69 Å². The number of fused-ring (bicyclic) bond motifs is 1. The number of nitrogens with zero attached hydrogens (tertiary/aromatic N) is 2. The number of nitro groups is 1. The van der Waals surface area contributed by atoms with Gasteiger partial charge in [-0.25, -0.2) is 0 Å². The van der Waals surface area contributed by atoms with E-state index in [0.29, 0.717) is 12.1 Å². The van der Waals surface area contributed by atoms with Crippen LogP contribution in [0.2, 0.25) is 0 Å². The van der Waals surface area contributed by atoms with E-state index in [1.54, 1.807) is 18.3 Å². The largest absolute Gasteiger partial charge is 0.381 e. The van der Waals surface area contributed by atoms with E-state index in [-0.39, 0.29) is 10.6 Å². The Morgan fingerprint density at radius 3 is 2.95 bits per heavy atom. The molecule has 0 bridgehead atoms. The predicted octanol–water partition coefficient (Wildman–Crippen LogP) is 3.85. The third-order valence-corrected chi connectivity index (χ3v) is 3.65. The minimum Gasteiger partial charge on any atom is -0.381 e. The number of nitro benzene ring substituents is 1. The molecule has 0 saturated carbocycles. The van der Waals surface area contributed by atoms with Gasteiger partial charge in [-0.05, 0) is 30.3 Å². The lowest BCUT2D eigenvalue weighted by atomic mass is 10.1. The van der Waals surface area contributed by atoms with Crippen molar-refractivity contribution >= 4 is 38.2 Å². The fraction of sp³-hybridized carbons (Fsp3) is 0.0714. The van der Waals surface area contributed by atoms with Crippen LogP contribution >= 0.6 is 15.9 Å². The first kappa shape index (κ1) is 13.6. The maximum absolute atomic E-state index is 11.0. The van der Waals surface area contributed by atoms with Crippen LogP contribution in [0.5, 0.6) is 0 Å². The molecule has 0 aliphatic carbocycles. The Morgan fingerprint density at radius 1 is 1.29 bits per heavy atom. The Balaban J connectivity index is 1.83. The number of aromatic amines is 1. The zero-order valence-electron chi connectivity index (χ0n) is 10.8. The second-order valence-electron chi connectivity index (χ2n) is 4.56. The first-order chi connectivity index (χ1) is 10.1. The lowest BCUT2D eigenvalue weighted by molar-refractivity contribution is -0.385. The van der Waals surface area contributed by atoms with Crippen LogP contribution in [0.3, 0.4) is 0 Å². The molecule has 106 valence electrons. The molecule has 2 aromatic carbocycles. The molecule has 0 amide bonds. The first-order valence-electron chi connectivity index (χ1n) is 6.23. The molecule has 0 atom stereocenters. The summed E-state index contributed by atoms with van der Waals surface area (Å²) in [4.78, 5) is 10.7. The van der Waals surface area contributed by atoms with E-state index < -0.39 is 0 Å². The summed E-state index contributed by atoms with van der Waals surface area (Å²) in [6, 6.07) is 10.7. The van der Waals surface area contributed by atoms with Crippen molar-refractivity contribution in [1.29, 1.82) is 0 Å². The molecule has 0 aliphatic heterocycles. The van der Waals surface area contributed by atoms with Gasteiger partial charge in [0.2, 0.25) is 0 Å². The summed E-state index contributed by atoms with van der Waals surface area (Å²) in [5.41, 5.74) is 2.57. The Morgan fingerprint density at radius 2 is 2.14 bits per heavy atom. The molecule has 21 heavy (non-hydrogen) atoms. The quantitative estimate of drug-likeness (QED) is 0.555. The molecule has 6 nitrogen and oxygen atoms in total. The molecule has 0 unspecified atom stereocenters. The standard InChI is InChI=1S/C14H11BrN4O2/c15-11-1-4-14(19(20)21)10(5-11)7-16-12-2-3-13-9(6-12)8-17-18-13/h1-6,8,16H,7H2,(H,17,18). The van der Waals surface area contributed by atoms with Crippen LogP contribution in [-0.2, 0) is 6.54 Å². The number of rotatable bonds is 4. The summed E-state index contributed by atoms with van der Waals surface area (Å²) < 4.78 is 0.815. The molecule has 3 aromatic rings. The third kappa shape index (κ3) is 2.87. The van der Waals surface area contributed by atoms with E-state index in [2.05, 4.69) is 31.4 Å². The highest BCUT2D eigenvalue weighted by Crippen LogP contribution is 2.24. The van der Waals surface area contributed by atoms with Gasteiger partial charge in [-0.1, -0.05) is 15.9 Å². The summed E-state index contributed by atoms with van der Waals surface area (Å²) in [5, 5.41) is 22.1. The van der Waals surface area contributed by atoms with E-state index >= 15 is 0 Å². The second kappa shape index (κ2) is 5.53. The fourth-order valence-electron chi connectivity index (χ4n) is 2.12. The van der Waals surface area contributed by atoms with Gasteiger partial charge in [-0.3, -0.25) is 15.2 Å². The Hall–Kier alpha value is -2.41. The van der Waals surface area contributed by atoms with Crippen molar-refractivity contribution in [3.8, 4) is 0 Å². The summed E-state index contributed by atoms with van der Waals surface area (Å²) >= 11 is 3.34. The van der Waals surface area contributed by atoms with Gasteiger partial charge < -0.3 is 5.32 Å². The number of aromatic nitrogens is 2. The van der Waals surface area contributed by atoms with Crippen molar-refractivity contribution < 1.29 is 4.92 Å². The van der Waals surface area contributed by atoms with Crippen molar-refractivity contribution in [2.24, 2.45) is 0 Å². The van der Waals surface area contributed by atoms with Gasteiger partial charge in [0.05, 0.1) is 16.6 Å². The molecule has 2 N–H and O–H groups in total. The molecule has 3 rings (SSSR count). The monoisotopic (exact) mass is 346 g/mol. The number of halogens is 1. The van der Waals surface area contributed by atoms with Crippen LogP contribution in [0.1, 0.15) is 5.56 Å². The van der Waals surface area contributed by atoms with Crippen LogP contribution < -0.4 is 5.32 Å². The van der Waals surface area contributed by atoms with Gasteiger partial charge in [-0.2, -0.15) is 5.10 Å². The highest BCUT2D eigenvalue weighted by molar-refractivity contribution is 9.10. The lowest BCUT2D eigenvalue weighted by Gasteiger charge is -2.08. The van der Waals surface area contributed by atoms with E-state index in [1.165, 1.54) is 6.07 Å². The summed E-state index contributed by atoms with van der Waals surface area (Å²) in [6.07, 6.45) is 1.74. The summed E-state index contributed by atoms with van der Waals surface area (Å²) in [7, 11) is 0. The fourth-order valence-corrected chi connectivity index (χ4v) is 2.53. The molecule has 0 saturated heterocycles. The molecule has 0 radical (unpaired) electrons. The smallest absolute Gasteiger partial charge is 0.274 e. The number of hydrogen-bond donors (Lipinski definition) is 2. The Kier molecular flexibility index (Phi) is 3.57. The van der Waals surface area contributed by atoms with Crippen LogP contribution in [0.4, 0.5) is 11.4 Å². The zero-order valence-corrected chi connectivity index (χ0v) is 12.4. The number of hydrogen-bond acceptors (Lipinski definition) is 4. The van der Waals surface area contributed by atoms with Crippen LogP contribution in [-0.4, -0.2) is 15.1 Å². The Bertz CT molecular complexity index is 816. The van der Waals surface area contributed by atoms with Crippen molar-refractivity contribution in [3.63, 3.8) is 0 Å². The number of H-pyrrole nitrogens is 1. The molecular weight excluding hydrogens is 336 g/mol. The third-order valence-electron chi connectivity index (χ3n) is 3.16. The molecular formula is C14H11BrN4O2. The molecule has 7 heteroatoms. The van der Waals surface area contributed by atoms with Crippen LogP contribution in [0.25, 0.3) is 10.9 Å². The summed E-state index contributed by atoms with van der Waals surface area (Å²) in [6.45, 7) is 0.374. The van der Waals surface area contributed by atoms with Crippen LogP contribution in [0, 0.1) is 10.1 Å². The van der Waals surface area contributed by atoms with Gasteiger partial charge in [0.15, 0.2) is 0 Å². The van der Waals surface area contributed by atoms with Crippen molar-refractivity contribution in [2.75, 3.05) is 5.32 Å². The van der Waals surface area contributed by atoms with Crippen LogP contribution in [0.15, 0.2) is 47.1 Å². The number of benzene rings is 2. The molecule has 1 aromatic heterocycles. The highest BCUT2D eigenvalue weighted by Gasteiger charge is 2.13. The van der Waals surface area contributed by atoms with Gasteiger partial charge in [0.1, 0.15) is 0 Å². The maximum atomic E-state index is 11.0. The van der Waals surface area contributed by atoms with Gasteiger partial charge >= 0.3 is 0 Å². The number of nitrogens with one attached hydrogen (secondary N) is 2. The van der Waals surface area contributed by atoms with E-state index in [1.807, 2.05) is 18.2 Å². The zero-order chi connectivity index (χ0) is 14.8. The molecule has 0 spiro atoms. The first-order valence-corrected chi connectivity index (χ1v) is 7.02. The SMILES string of the molecule is O=[N+]([O-])c1ccc(Br)cc1CNc1ccc2[nH]ncc2c1. The average Bonchev–Trinajstić information content (AvgIpc) is 2.92. The lowest BCUT2D eigenvalue weighted by Crippen LogP contribution is -2.03. The average molecular weight is 347 g/mol. The summed E-state index contributed by atoms with van der Waals surface area (Å²) in [5.74, 6) is 0. The Labute approximate surface area is 128 Å². The van der Waals surface area contributed by atoms with Crippen molar-refractivity contribution in [2.45, 2.75) is 6.54 Å². The highest BCUT2D eigenvalue weighted by atomic mass is 79.9. The normalized spacial score (nSPS) is 10.7. The van der Waals surface area contributed by atoms with E-state index in [4.69, 9.17) is 0 Å². The van der Waals surface area contributed by atoms with E-state index in [0.717, 1.165) is 21.1 Å². The topological polar surface area (TPSA) is 83.9 Å². The van der Waals surface area contributed by atoms with Gasteiger partial charge in [0, 0.05) is 33.7 Å². The maximum Gasteiger partial charge on any atom is 0.274 e. The van der Waals surface area contributed by atoms with Crippen molar-refractivity contribution in [3.05, 3.63) is 62.7 Å². The van der Waals surface area contributed by atoms with Crippen molar-refractivity contribution in [1.82, 2.24) is 10.2 Å². The van der Waals surface area contributed by atoms with Gasteiger partial charge in [-0.15, -0.1) is 0 Å².